The molecule has 0 aliphatic heterocycles. The molecule has 1 unspecified atom stereocenters. The predicted molar refractivity (Wildman–Crippen MR) is 82.1 cm³/mol. The largest absolute Gasteiger partial charge is 0.480 e. The van der Waals surface area contributed by atoms with Gasteiger partial charge in [0.25, 0.3) is 5.91 Å². The van der Waals surface area contributed by atoms with E-state index >= 15 is 0 Å². The first-order chi connectivity index (χ1) is 11.0. The molecular weight excluding hydrogens is 300 g/mol. The van der Waals surface area contributed by atoms with E-state index in [4.69, 9.17) is 14.3 Å². The number of aliphatic carboxylic acids is 1. The fourth-order valence-corrected chi connectivity index (χ4v) is 2.03. The lowest BCUT2D eigenvalue weighted by Gasteiger charge is -2.12. The molecule has 1 heterocycles. The van der Waals surface area contributed by atoms with Crippen LogP contribution in [0, 0.1) is 6.92 Å². The highest BCUT2D eigenvalue weighted by atomic mass is 16.5. The van der Waals surface area contributed by atoms with Crippen LogP contribution in [0.4, 0.5) is 0 Å². The Labute approximate surface area is 133 Å². The number of hydrogen-bond donors (Lipinski definition) is 2. The fraction of sp³-hybridized carbons (Fsp3) is 0.312. The number of carbonyl (C=O) groups is 2. The van der Waals surface area contributed by atoms with E-state index in [0.29, 0.717) is 11.6 Å². The molecule has 0 saturated carbocycles. The van der Waals surface area contributed by atoms with Crippen molar-refractivity contribution in [3.05, 3.63) is 41.8 Å². The number of hydrogen-bond acceptors (Lipinski definition) is 5. The first-order valence-corrected chi connectivity index (χ1v) is 7.08. The van der Waals surface area contributed by atoms with Crippen LogP contribution in [0.5, 0.6) is 0 Å². The van der Waals surface area contributed by atoms with Crippen molar-refractivity contribution < 1.29 is 23.8 Å². The number of rotatable bonds is 7. The second-order valence-corrected chi connectivity index (χ2v) is 4.95. The zero-order valence-corrected chi connectivity index (χ0v) is 12.9. The normalized spacial score (nSPS) is 11.9. The van der Waals surface area contributed by atoms with E-state index in [1.54, 1.807) is 6.92 Å². The number of benzene rings is 1. The van der Waals surface area contributed by atoms with Crippen molar-refractivity contribution in [2.24, 2.45) is 0 Å². The number of ether oxygens (including phenoxy) is 1. The second kappa shape index (κ2) is 7.55. The third-order valence-electron chi connectivity index (χ3n) is 3.24. The number of carbonyl (C=O) groups excluding carboxylic acids is 1. The summed E-state index contributed by atoms with van der Waals surface area (Å²) in [6, 6.07) is 8.10. The van der Waals surface area contributed by atoms with Crippen molar-refractivity contribution >= 4 is 11.9 Å². The summed E-state index contributed by atoms with van der Waals surface area (Å²) < 4.78 is 10.3. The summed E-state index contributed by atoms with van der Waals surface area (Å²) in [7, 11) is 1.47. The van der Waals surface area contributed by atoms with Gasteiger partial charge in [0, 0.05) is 25.7 Å². The van der Waals surface area contributed by atoms with Crippen molar-refractivity contribution in [2.45, 2.75) is 19.4 Å². The Balaban J connectivity index is 2.16. The summed E-state index contributed by atoms with van der Waals surface area (Å²) in [5, 5.41) is 11.6. The molecule has 0 fully saturated rings. The Bertz CT molecular complexity index is 681. The Morgan fingerprint density at radius 3 is 2.65 bits per heavy atom. The predicted octanol–water partition coefficient (Wildman–Crippen LogP) is 1.87. The lowest BCUT2D eigenvalue weighted by molar-refractivity contribution is -0.139. The maximum atomic E-state index is 12.2. The standard InChI is InChI=1S/C16H18N2O5/c1-10-13(14(19)18-12(16(20)21)8-9-22-2)23-15(17-10)11-6-4-3-5-7-11/h3-7,12H,8-9H2,1-2H3,(H,18,19)(H,20,21). The van der Waals surface area contributed by atoms with Crippen molar-refractivity contribution in [1.29, 1.82) is 0 Å². The van der Waals surface area contributed by atoms with Gasteiger partial charge < -0.3 is 19.6 Å². The molecule has 0 radical (unpaired) electrons. The minimum absolute atomic E-state index is 0.00696. The monoisotopic (exact) mass is 318 g/mol. The summed E-state index contributed by atoms with van der Waals surface area (Å²) in [6.45, 7) is 1.86. The number of carboxylic acids is 1. The molecule has 2 aromatic rings. The van der Waals surface area contributed by atoms with Crippen molar-refractivity contribution in [2.75, 3.05) is 13.7 Å². The molecule has 1 aromatic carbocycles. The average molecular weight is 318 g/mol. The van der Waals surface area contributed by atoms with Crippen LogP contribution >= 0.6 is 0 Å². The number of aromatic nitrogens is 1. The van der Waals surface area contributed by atoms with Crippen LogP contribution in [0.25, 0.3) is 11.5 Å². The van der Waals surface area contributed by atoms with Crippen LogP contribution in [-0.4, -0.2) is 41.7 Å². The van der Waals surface area contributed by atoms with Gasteiger partial charge in [-0.3, -0.25) is 4.79 Å². The molecule has 1 amide bonds. The van der Waals surface area contributed by atoms with Gasteiger partial charge in [-0.1, -0.05) is 18.2 Å². The highest BCUT2D eigenvalue weighted by Gasteiger charge is 2.24. The fourth-order valence-electron chi connectivity index (χ4n) is 2.03. The minimum atomic E-state index is -1.13. The Kier molecular flexibility index (Phi) is 5.48. The summed E-state index contributed by atoms with van der Waals surface area (Å²) >= 11 is 0. The highest BCUT2D eigenvalue weighted by molar-refractivity contribution is 5.95. The van der Waals surface area contributed by atoms with E-state index in [2.05, 4.69) is 10.3 Å². The first-order valence-electron chi connectivity index (χ1n) is 7.08. The van der Waals surface area contributed by atoms with Crippen LogP contribution in [-0.2, 0) is 9.53 Å². The van der Waals surface area contributed by atoms with Crippen molar-refractivity contribution in [3.63, 3.8) is 0 Å². The Morgan fingerprint density at radius 2 is 2.04 bits per heavy atom. The summed E-state index contributed by atoms with van der Waals surface area (Å²) in [5.74, 6) is -1.42. The number of nitrogens with zero attached hydrogens (tertiary/aromatic N) is 1. The van der Waals surface area contributed by atoms with Gasteiger partial charge in [-0.2, -0.15) is 0 Å². The summed E-state index contributed by atoms with van der Waals surface area (Å²) in [5.41, 5.74) is 1.14. The Morgan fingerprint density at radius 1 is 1.35 bits per heavy atom. The molecule has 1 aromatic heterocycles. The van der Waals surface area contributed by atoms with Crippen LogP contribution in [0.3, 0.4) is 0 Å². The molecule has 1 atom stereocenters. The summed E-state index contributed by atoms with van der Waals surface area (Å²) in [6.07, 6.45) is 0.163. The smallest absolute Gasteiger partial charge is 0.326 e. The molecule has 7 heteroatoms. The van der Waals surface area contributed by atoms with E-state index in [9.17, 15) is 9.59 Å². The maximum absolute atomic E-state index is 12.2. The van der Waals surface area contributed by atoms with Crippen LogP contribution < -0.4 is 5.32 Å². The number of oxazole rings is 1. The molecule has 0 aliphatic rings. The lowest BCUT2D eigenvalue weighted by Crippen LogP contribution is -2.41. The number of nitrogens with one attached hydrogen (secondary N) is 1. The zero-order valence-electron chi connectivity index (χ0n) is 12.9. The first kappa shape index (κ1) is 16.7. The van der Waals surface area contributed by atoms with E-state index in [1.807, 2.05) is 30.3 Å². The highest BCUT2D eigenvalue weighted by Crippen LogP contribution is 2.21. The second-order valence-electron chi connectivity index (χ2n) is 4.95. The molecule has 0 spiro atoms. The SMILES string of the molecule is COCCC(NC(=O)c1oc(-c2ccccc2)nc1C)C(=O)O. The molecule has 122 valence electrons. The molecule has 2 N–H and O–H groups in total. The molecule has 0 bridgehead atoms. The van der Waals surface area contributed by atoms with Gasteiger partial charge in [0.15, 0.2) is 0 Å². The van der Waals surface area contributed by atoms with Gasteiger partial charge in [0.1, 0.15) is 6.04 Å². The lowest BCUT2D eigenvalue weighted by atomic mass is 10.2. The van der Waals surface area contributed by atoms with Gasteiger partial charge in [0.2, 0.25) is 11.7 Å². The molecule has 23 heavy (non-hydrogen) atoms. The van der Waals surface area contributed by atoms with Crippen LogP contribution in [0.15, 0.2) is 34.7 Å². The molecule has 0 saturated heterocycles. The maximum Gasteiger partial charge on any atom is 0.326 e. The van der Waals surface area contributed by atoms with E-state index in [1.165, 1.54) is 7.11 Å². The van der Waals surface area contributed by atoms with Crippen molar-refractivity contribution in [3.8, 4) is 11.5 Å². The average Bonchev–Trinajstić information content (AvgIpc) is 2.94. The topological polar surface area (TPSA) is 102 Å². The van der Waals surface area contributed by atoms with Crippen LogP contribution in [0.1, 0.15) is 22.7 Å². The number of amides is 1. The number of methoxy groups -OCH3 is 1. The van der Waals surface area contributed by atoms with E-state index in [-0.39, 0.29) is 18.8 Å². The van der Waals surface area contributed by atoms with Crippen molar-refractivity contribution in [1.82, 2.24) is 10.3 Å². The van der Waals surface area contributed by atoms with Gasteiger partial charge in [-0.05, 0) is 19.1 Å². The third kappa shape index (κ3) is 4.17. The van der Waals surface area contributed by atoms with Gasteiger partial charge >= 0.3 is 5.97 Å². The van der Waals surface area contributed by atoms with E-state index < -0.39 is 17.9 Å². The molecule has 0 aliphatic carbocycles. The molecular formula is C16H18N2O5. The zero-order chi connectivity index (χ0) is 16.8. The number of aryl methyl sites for hydroxylation is 1. The molecule has 7 nitrogen and oxygen atoms in total. The molecule has 2 rings (SSSR count). The van der Waals surface area contributed by atoms with E-state index in [0.717, 1.165) is 5.56 Å². The van der Waals surface area contributed by atoms with Gasteiger partial charge in [0.05, 0.1) is 5.69 Å². The van der Waals surface area contributed by atoms with Crippen LogP contribution in [0.2, 0.25) is 0 Å². The quantitative estimate of drug-likeness (QED) is 0.808. The van der Waals surface area contributed by atoms with Gasteiger partial charge in [-0.15, -0.1) is 0 Å². The van der Waals surface area contributed by atoms with Gasteiger partial charge in [-0.25, -0.2) is 9.78 Å². The number of carboxylic acid groups (broad SMARTS) is 1. The Hall–Kier alpha value is -2.67. The third-order valence-corrected chi connectivity index (χ3v) is 3.24. The minimum Gasteiger partial charge on any atom is -0.480 e. The summed E-state index contributed by atoms with van der Waals surface area (Å²) in [4.78, 5) is 27.6.